The molecule has 4 aromatic rings. The molecule has 3 aromatic carbocycles. The molecule has 1 atom stereocenters. The Bertz CT molecular complexity index is 1140. The summed E-state index contributed by atoms with van der Waals surface area (Å²) in [6, 6.07) is 22.4. The lowest BCUT2D eigenvalue weighted by atomic mass is 10.1. The number of nitrogens with one attached hydrogen (secondary N) is 1. The van der Waals surface area contributed by atoms with Crippen LogP contribution in [0.5, 0.6) is 5.75 Å². The second-order valence-electron chi connectivity index (χ2n) is 6.94. The van der Waals surface area contributed by atoms with Gasteiger partial charge in [-0.2, -0.15) is 4.98 Å². The van der Waals surface area contributed by atoms with Gasteiger partial charge in [-0.25, -0.2) is 4.39 Å². The first-order valence-corrected chi connectivity index (χ1v) is 9.76. The Labute approximate surface area is 178 Å². The Morgan fingerprint density at radius 1 is 1.00 bits per heavy atom. The van der Waals surface area contributed by atoms with Crippen molar-refractivity contribution in [3.63, 3.8) is 0 Å². The van der Waals surface area contributed by atoms with Crippen LogP contribution < -0.4 is 10.1 Å². The third-order valence-corrected chi connectivity index (χ3v) is 4.68. The van der Waals surface area contributed by atoms with Gasteiger partial charge in [-0.15, -0.1) is 0 Å². The van der Waals surface area contributed by atoms with Crippen molar-refractivity contribution in [1.29, 1.82) is 0 Å². The summed E-state index contributed by atoms with van der Waals surface area (Å²) in [4.78, 5) is 16.6. The fourth-order valence-corrected chi connectivity index (χ4v) is 3.01. The molecule has 0 fully saturated rings. The fourth-order valence-electron chi connectivity index (χ4n) is 3.01. The minimum Gasteiger partial charge on any atom is -0.484 e. The molecule has 0 aliphatic heterocycles. The molecule has 7 heteroatoms. The van der Waals surface area contributed by atoms with Crippen molar-refractivity contribution in [1.82, 2.24) is 15.5 Å². The molecule has 0 aliphatic carbocycles. The summed E-state index contributed by atoms with van der Waals surface area (Å²) in [7, 11) is 0. The molecule has 31 heavy (non-hydrogen) atoms. The van der Waals surface area contributed by atoms with Gasteiger partial charge in [0.05, 0.1) is 6.04 Å². The Hall–Kier alpha value is -4.00. The summed E-state index contributed by atoms with van der Waals surface area (Å²) in [6.45, 7) is 1.69. The molecule has 6 nitrogen and oxygen atoms in total. The Morgan fingerprint density at radius 2 is 1.71 bits per heavy atom. The van der Waals surface area contributed by atoms with Crippen LogP contribution in [0, 0.1) is 5.82 Å². The van der Waals surface area contributed by atoms with E-state index in [1.165, 1.54) is 12.1 Å². The van der Waals surface area contributed by atoms with Gasteiger partial charge in [0.2, 0.25) is 5.82 Å². The van der Waals surface area contributed by atoms with Gasteiger partial charge >= 0.3 is 0 Å². The van der Waals surface area contributed by atoms with E-state index in [4.69, 9.17) is 9.26 Å². The molecule has 156 valence electrons. The molecule has 0 bridgehead atoms. The number of aromatic nitrogens is 2. The zero-order chi connectivity index (χ0) is 21.6. The lowest BCUT2D eigenvalue weighted by molar-refractivity contribution is -0.123. The van der Waals surface area contributed by atoms with E-state index in [0.717, 1.165) is 16.7 Å². The van der Waals surface area contributed by atoms with Crippen LogP contribution in [-0.4, -0.2) is 22.7 Å². The standard InChI is InChI=1S/C24H20FN3O3/c1-16(17-7-11-20(25)12-8-17)26-22(29)15-30-21-13-9-19(10-14-21)24-27-23(28-31-24)18-5-3-2-4-6-18/h2-14,16H,15H2,1H3,(H,26,29)/t16-/m1/s1. The topological polar surface area (TPSA) is 77.2 Å². The predicted octanol–water partition coefficient (Wildman–Crippen LogP) is 4.80. The third kappa shape index (κ3) is 5.14. The number of hydrogen-bond donors (Lipinski definition) is 1. The summed E-state index contributed by atoms with van der Waals surface area (Å²) in [5.41, 5.74) is 2.43. The van der Waals surface area contributed by atoms with Crippen molar-refractivity contribution >= 4 is 5.91 Å². The summed E-state index contributed by atoms with van der Waals surface area (Å²) >= 11 is 0. The van der Waals surface area contributed by atoms with Crippen molar-refractivity contribution in [2.45, 2.75) is 13.0 Å². The van der Waals surface area contributed by atoms with Gasteiger partial charge in [-0.3, -0.25) is 4.79 Å². The monoisotopic (exact) mass is 417 g/mol. The lowest BCUT2D eigenvalue weighted by Crippen LogP contribution is -2.31. The maximum atomic E-state index is 13.0. The molecule has 1 heterocycles. The number of carbonyl (C=O) groups is 1. The smallest absolute Gasteiger partial charge is 0.258 e. The first-order valence-electron chi connectivity index (χ1n) is 9.76. The van der Waals surface area contributed by atoms with E-state index in [1.54, 1.807) is 36.4 Å². The van der Waals surface area contributed by atoms with E-state index < -0.39 is 0 Å². The predicted molar refractivity (Wildman–Crippen MR) is 114 cm³/mol. The summed E-state index contributed by atoms with van der Waals surface area (Å²) in [5.74, 6) is 0.867. The molecule has 1 aromatic heterocycles. The maximum absolute atomic E-state index is 13.0. The zero-order valence-corrected chi connectivity index (χ0v) is 16.8. The van der Waals surface area contributed by atoms with Crippen LogP contribution in [0.2, 0.25) is 0 Å². The Balaban J connectivity index is 1.32. The van der Waals surface area contributed by atoms with Gasteiger partial charge in [0.25, 0.3) is 11.8 Å². The number of rotatable bonds is 7. The number of halogens is 1. The van der Waals surface area contributed by atoms with Gasteiger partial charge in [-0.05, 0) is 48.9 Å². The highest BCUT2D eigenvalue weighted by atomic mass is 19.1. The van der Waals surface area contributed by atoms with Gasteiger partial charge < -0.3 is 14.6 Å². The van der Waals surface area contributed by atoms with Crippen molar-refractivity contribution in [2.75, 3.05) is 6.61 Å². The summed E-state index contributed by atoms with van der Waals surface area (Å²) < 4.78 is 23.9. The molecule has 1 amide bonds. The maximum Gasteiger partial charge on any atom is 0.258 e. The van der Waals surface area contributed by atoms with Crippen LogP contribution >= 0.6 is 0 Å². The number of benzene rings is 3. The average molecular weight is 417 g/mol. The Kier molecular flexibility index (Phi) is 6.03. The third-order valence-electron chi connectivity index (χ3n) is 4.68. The SMILES string of the molecule is C[C@@H](NC(=O)COc1ccc(-c2nc(-c3ccccc3)no2)cc1)c1ccc(F)cc1. The largest absolute Gasteiger partial charge is 0.484 e. The first-order chi connectivity index (χ1) is 15.1. The number of ether oxygens (including phenoxy) is 1. The Morgan fingerprint density at radius 3 is 2.42 bits per heavy atom. The van der Waals surface area contributed by atoms with Gasteiger partial charge in [-0.1, -0.05) is 47.6 Å². The molecular formula is C24H20FN3O3. The van der Waals surface area contributed by atoms with Crippen LogP contribution in [-0.2, 0) is 4.79 Å². The van der Waals surface area contributed by atoms with Crippen LogP contribution in [0.3, 0.4) is 0 Å². The quantitative estimate of drug-likeness (QED) is 0.467. The number of carbonyl (C=O) groups excluding carboxylic acids is 1. The van der Waals surface area contributed by atoms with Crippen LogP contribution in [0.15, 0.2) is 83.4 Å². The van der Waals surface area contributed by atoms with Crippen LogP contribution in [0.1, 0.15) is 18.5 Å². The van der Waals surface area contributed by atoms with Crippen molar-refractivity contribution in [2.24, 2.45) is 0 Å². The zero-order valence-electron chi connectivity index (χ0n) is 16.8. The van der Waals surface area contributed by atoms with Crippen molar-refractivity contribution in [3.8, 4) is 28.6 Å². The highest BCUT2D eigenvalue weighted by Crippen LogP contribution is 2.24. The minimum absolute atomic E-state index is 0.135. The van der Waals surface area contributed by atoms with E-state index in [-0.39, 0.29) is 24.4 Å². The molecule has 0 radical (unpaired) electrons. The van der Waals surface area contributed by atoms with E-state index >= 15 is 0 Å². The van der Waals surface area contributed by atoms with Gasteiger partial charge in [0.15, 0.2) is 6.61 Å². The molecule has 0 saturated carbocycles. The molecule has 0 aliphatic rings. The average Bonchev–Trinajstić information content (AvgIpc) is 3.29. The second kappa shape index (κ2) is 9.21. The number of nitrogens with zero attached hydrogens (tertiary/aromatic N) is 2. The molecular weight excluding hydrogens is 397 g/mol. The first kappa shape index (κ1) is 20.3. The number of hydrogen-bond acceptors (Lipinski definition) is 5. The van der Waals surface area contributed by atoms with E-state index in [9.17, 15) is 9.18 Å². The minimum atomic E-state index is -0.314. The van der Waals surface area contributed by atoms with Crippen molar-refractivity contribution in [3.05, 3.63) is 90.2 Å². The lowest BCUT2D eigenvalue weighted by Gasteiger charge is -2.14. The molecule has 0 saturated heterocycles. The summed E-state index contributed by atoms with van der Waals surface area (Å²) in [6.07, 6.45) is 0. The van der Waals surface area contributed by atoms with Crippen LogP contribution in [0.25, 0.3) is 22.8 Å². The fraction of sp³-hybridized carbons (Fsp3) is 0.125. The van der Waals surface area contributed by atoms with Crippen LogP contribution in [0.4, 0.5) is 4.39 Å². The number of amides is 1. The van der Waals surface area contributed by atoms with E-state index in [0.29, 0.717) is 17.5 Å². The second-order valence-corrected chi connectivity index (χ2v) is 6.94. The molecule has 0 unspecified atom stereocenters. The van der Waals surface area contributed by atoms with Gasteiger partial charge in [0, 0.05) is 11.1 Å². The molecule has 4 rings (SSSR count). The summed E-state index contributed by atoms with van der Waals surface area (Å²) in [5, 5.41) is 6.83. The van der Waals surface area contributed by atoms with E-state index in [1.807, 2.05) is 37.3 Å². The van der Waals surface area contributed by atoms with Crippen molar-refractivity contribution < 1.29 is 18.4 Å². The van der Waals surface area contributed by atoms with E-state index in [2.05, 4.69) is 15.5 Å². The normalized spacial score (nSPS) is 11.7. The molecule has 0 spiro atoms. The highest BCUT2D eigenvalue weighted by molar-refractivity contribution is 5.78. The highest BCUT2D eigenvalue weighted by Gasteiger charge is 2.12. The van der Waals surface area contributed by atoms with Gasteiger partial charge in [0.1, 0.15) is 11.6 Å². The molecule has 1 N–H and O–H groups in total.